The zero-order valence-corrected chi connectivity index (χ0v) is 16.5. The predicted molar refractivity (Wildman–Crippen MR) is 104 cm³/mol. The SMILES string of the molecule is CCCCC(=O)N1CCC[C@H](COc2cccc3c2C(N)=NS(=O)(=O)C3)C1. The Kier molecular flexibility index (Phi) is 6.04. The van der Waals surface area contributed by atoms with E-state index < -0.39 is 10.0 Å². The van der Waals surface area contributed by atoms with Gasteiger partial charge in [-0.15, -0.1) is 4.40 Å². The molecule has 0 unspecified atom stereocenters. The van der Waals surface area contributed by atoms with Gasteiger partial charge in [-0.05, 0) is 30.9 Å². The maximum atomic E-state index is 12.3. The normalized spacial score (nSPS) is 21.3. The van der Waals surface area contributed by atoms with Gasteiger partial charge in [-0.3, -0.25) is 4.79 Å². The number of ether oxygens (including phenoxy) is 1. The van der Waals surface area contributed by atoms with Gasteiger partial charge in [0.15, 0.2) is 0 Å². The molecule has 2 aliphatic heterocycles. The largest absolute Gasteiger partial charge is 0.492 e. The molecule has 0 saturated carbocycles. The highest BCUT2D eigenvalue weighted by Crippen LogP contribution is 2.29. The number of likely N-dealkylation sites (tertiary alicyclic amines) is 1. The van der Waals surface area contributed by atoms with Crippen molar-refractivity contribution in [3.63, 3.8) is 0 Å². The highest BCUT2D eigenvalue weighted by molar-refractivity contribution is 7.89. The number of nitrogens with two attached hydrogens (primary N) is 1. The molecule has 2 aliphatic rings. The number of piperidine rings is 1. The second kappa shape index (κ2) is 8.29. The van der Waals surface area contributed by atoms with Crippen LogP contribution in [0.3, 0.4) is 0 Å². The molecular formula is C19H27N3O4S. The molecule has 2 N–H and O–H groups in total. The molecule has 148 valence electrons. The summed E-state index contributed by atoms with van der Waals surface area (Å²) in [6.07, 6.45) is 4.53. The van der Waals surface area contributed by atoms with Crippen molar-refractivity contribution >= 4 is 21.8 Å². The summed E-state index contributed by atoms with van der Waals surface area (Å²) in [4.78, 5) is 14.2. The average Bonchev–Trinajstić information content (AvgIpc) is 2.63. The van der Waals surface area contributed by atoms with E-state index in [0.717, 1.165) is 32.2 Å². The lowest BCUT2D eigenvalue weighted by molar-refractivity contribution is -0.133. The molecule has 7 nitrogen and oxygen atoms in total. The fraction of sp³-hybridized carbons (Fsp3) is 0.579. The van der Waals surface area contributed by atoms with Gasteiger partial charge in [0.2, 0.25) is 5.91 Å². The van der Waals surface area contributed by atoms with Crippen LogP contribution in [0.2, 0.25) is 0 Å². The van der Waals surface area contributed by atoms with Gasteiger partial charge in [-0.25, -0.2) is 8.42 Å². The van der Waals surface area contributed by atoms with Crippen LogP contribution >= 0.6 is 0 Å². The van der Waals surface area contributed by atoms with Crippen molar-refractivity contribution in [3.05, 3.63) is 29.3 Å². The molecule has 0 spiro atoms. The van der Waals surface area contributed by atoms with Crippen LogP contribution in [-0.2, 0) is 20.6 Å². The lowest BCUT2D eigenvalue weighted by Gasteiger charge is -2.33. The number of carbonyl (C=O) groups excluding carboxylic acids is 1. The number of sulfonamides is 1. The van der Waals surface area contributed by atoms with Crippen molar-refractivity contribution in [1.29, 1.82) is 0 Å². The van der Waals surface area contributed by atoms with E-state index in [-0.39, 0.29) is 23.4 Å². The molecule has 1 saturated heterocycles. The average molecular weight is 394 g/mol. The maximum Gasteiger partial charge on any atom is 0.259 e. The van der Waals surface area contributed by atoms with Crippen LogP contribution < -0.4 is 10.5 Å². The van der Waals surface area contributed by atoms with Crippen molar-refractivity contribution in [2.45, 2.75) is 44.8 Å². The Hall–Kier alpha value is -2.09. The molecule has 0 aliphatic carbocycles. The third kappa shape index (κ3) is 4.80. The second-order valence-corrected chi connectivity index (χ2v) is 8.89. The number of nitrogens with zero attached hydrogens (tertiary/aromatic N) is 2. The van der Waals surface area contributed by atoms with Crippen LogP contribution in [0.15, 0.2) is 22.6 Å². The Morgan fingerprint density at radius 2 is 2.22 bits per heavy atom. The van der Waals surface area contributed by atoms with E-state index in [1.54, 1.807) is 18.2 Å². The highest BCUT2D eigenvalue weighted by atomic mass is 32.2. The lowest BCUT2D eigenvalue weighted by Crippen LogP contribution is -2.41. The van der Waals surface area contributed by atoms with Crippen molar-refractivity contribution in [3.8, 4) is 5.75 Å². The lowest BCUT2D eigenvalue weighted by atomic mass is 9.98. The Labute approximate surface area is 160 Å². The number of amides is 1. The van der Waals surface area contributed by atoms with Gasteiger partial charge in [0.25, 0.3) is 10.0 Å². The summed E-state index contributed by atoms with van der Waals surface area (Å²) >= 11 is 0. The van der Waals surface area contributed by atoms with Crippen LogP contribution in [0.4, 0.5) is 0 Å². The molecule has 27 heavy (non-hydrogen) atoms. The number of hydrogen-bond acceptors (Lipinski definition) is 5. The molecule has 8 heteroatoms. The Balaban J connectivity index is 1.65. The van der Waals surface area contributed by atoms with Crippen LogP contribution in [0, 0.1) is 5.92 Å². The molecule has 1 amide bonds. The molecule has 1 atom stereocenters. The molecule has 0 radical (unpaired) electrons. The monoisotopic (exact) mass is 393 g/mol. The number of carbonyl (C=O) groups is 1. The first-order valence-electron chi connectivity index (χ1n) is 9.50. The summed E-state index contributed by atoms with van der Waals surface area (Å²) in [7, 11) is -3.56. The van der Waals surface area contributed by atoms with E-state index in [0.29, 0.717) is 36.4 Å². The van der Waals surface area contributed by atoms with E-state index in [1.807, 2.05) is 4.90 Å². The van der Waals surface area contributed by atoms with Gasteiger partial charge in [0.1, 0.15) is 11.6 Å². The minimum atomic E-state index is -3.56. The molecule has 0 bridgehead atoms. The summed E-state index contributed by atoms with van der Waals surface area (Å²) in [5.41, 5.74) is 7.06. The fourth-order valence-corrected chi connectivity index (χ4v) is 4.74. The topological polar surface area (TPSA) is 102 Å². The van der Waals surface area contributed by atoms with E-state index >= 15 is 0 Å². The Morgan fingerprint density at radius 1 is 1.41 bits per heavy atom. The number of hydrogen-bond donors (Lipinski definition) is 1. The van der Waals surface area contributed by atoms with Gasteiger partial charge in [-0.1, -0.05) is 25.5 Å². The van der Waals surface area contributed by atoms with Crippen molar-refractivity contribution < 1.29 is 17.9 Å². The third-order valence-electron chi connectivity index (χ3n) is 5.03. The second-order valence-electron chi connectivity index (χ2n) is 7.26. The molecule has 2 heterocycles. The fourth-order valence-electron chi connectivity index (χ4n) is 3.65. The van der Waals surface area contributed by atoms with Gasteiger partial charge in [-0.2, -0.15) is 0 Å². The predicted octanol–water partition coefficient (Wildman–Crippen LogP) is 2.04. The zero-order valence-electron chi connectivity index (χ0n) is 15.7. The van der Waals surface area contributed by atoms with Gasteiger partial charge in [0.05, 0.1) is 17.9 Å². The standard InChI is InChI=1S/C19H27N3O4S/c1-2-3-9-17(23)22-10-5-6-14(11-22)12-26-16-8-4-7-15-13-27(24,25)21-19(20)18(15)16/h4,7-8,14H,2-3,5-6,9-13H2,1H3,(H2,20,21)/t14-/m0/s1. The molecule has 1 fully saturated rings. The number of rotatable bonds is 6. The smallest absolute Gasteiger partial charge is 0.259 e. The van der Waals surface area contributed by atoms with Gasteiger partial charge < -0.3 is 15.4 Å². The quantitative estimate of drug-likeness (QED) is 0.797. The number of benzene rings is 1. The van der Waals surface area contributed by atoms with Crippen molar-refractivity contribution in [2.75, 3.05) is 19.7 Å². The summed E-state index contributed by atoms with van der Waals surface area (Å²) in [5, 5.41) is 0. The summed E-state index contributed by atoms with van der Waals surface area (Å²) in [6.45, 7) is 4.07. The van der Waals surface area contributed by atoms with E-state index in [2.05, 4.69) is 11.3 Å². The number of unbranched alkanes of at least 4 members (excludes halogenated alkanes) is 1. The minimum absolute atomic E-state index is 0.0214. The summed E-state index contributed by atoms with van der Waals surface area (Å²) in [5.74, 6) is 0.847. The molecule has 1 aromatic carbocycles. The van der Waals surface area contributed by atoms with Gasteiger partial charge >= 0.3 is 0 Å². The molecule has 1 aromatic rings. The van der Waals surface area contributed by atoms with Crippen molar-refractivity contribution in [1.82, 2.24) is 4.90 Å². The van der Waals surface area contributed by atoms with Crippen LogP contribution in [0.25, 0.3) is 0 Å². The van der Waals surface area contributed by atoms with E-state index in [1.165, 1.54) is 0 Å². The summed E-state index contributed by atoms with van der Waals surface area (Å²) in [6, 6.07) is 5.28. The first-order chi connectivity index (χ1) is 12.9. The van der Waals surface area contributed by atoms with Crippen LogP contribution in [0.5, 0.6) is 5.75 Å². The Morgan fingerprint density at radius 3 is 3.00 bits per heavy atom. The first-order valence-corrected chi connectivity index (χ1v) is 11.1. The summed E-state index contributed by atoms with van der Waals surface area (Å²) < 4.78 is 33.1. The number of fused-ring (bicyclic) bond motifs is 1. The van der Waals surface area contributed by atoms with Crippen LogP contribution in [-0.4, -0.2) is 44.8 Å². The first kappa shape index (κ1) is 19.7. The zero-order chi connectivity index (χ0) is 19.4. The number of amidine groups is 1. The van der Waals surface area contributed by atoms with Gasteiger partial charge in [0, 0.05) is 25.4 Å². The minimum Gasteiger partial charge on any atom is -0.492 e. The maximum absolute atomic E-state index is 12.3. The highest BCUT2D eigenvalue weighted by Gasteiger charge is 2.27. The van der Waals surface area contributed by atoms with E-state index in [4.69, 9.17) is 10.5 Å². The van der Waals surface area contributed by atoms with Crippen molar-refractivity contribution in [2.24, 2.45) is 16.0 Å². The van der Waals surface area contributed by atoms with Crippen LogP contribution in [0.1, 0.15) is 50.2 Å². The Bertz CT molecular complexity index is 835. The molecule has 3 rings (SSSR count). The van der Waals surface area contributed by atoms with E-state index in [9.17, 15) is 13.2 Å². The third-order valence-corrected chi connectivity index (χ3v) is 6.19. The molecule has 0 aromatic heterocycles. The molecular weight excluding hydrogens is 366 g/mol.